The molecule has 6 nitrogen and oxygen atoms in total. The molecule has 3 saturated heterocycles. The van der Waals surface area contributed by atoms with Crippen LogP contribution in [0.2, 0.25) is 0 Å². The van der Waals surface area contributed by atoms with Gasteiger partial charge in [0.15, 0.2) is 0 Å². The summed E-state index contributed by atoms with van der Waals surface area (Å²) in [6, 6.07) is 0.647. The van der Waals surface area contributed by atoms with Crippen LogP contribution in [-0.4, -0.2) is 84.0 Å². The Morgan fingerprint density at radius 1 is 1.08 bits per heavy atom. The van der Waals surface area contributed by atoms with Crippen LogP contribution in [0.25, 0.3) is 0 Å². The van der Waals surface area contributed by atoms with Crippen molar-refractivity contribution in [2.75, 3.05) is 39.3 Å². The number of amides is 2. The first-order valence-electron chi connectivity index (χ1n) is 9.50. The van der Waals surface area contributed by atoms with E-state index in [4.69, 9.17) is 4.74 Å². The third-order valence-electron chi connectivity index (χ3n) is 5.85. The van der Waals surface area contributed by atoms with Crippen LogP contribution in [0.5, 0.6) is 0 Å². The van der Waals surface area contributed by atoms with E-state index in [1.54, 1.807) is 6.92 Å². The van der Waals surface area contributed by atoms with E-state index in [1.165, 1.54) is 0 Å². The molecule has 0 aromatic heterocycles. The maximum Gasteiger partial charge on any atom is 0.236 e. The Morgan fingerprint density at radius 2 is 1.83 bits per heavy atom. The first-order valence-corrected chi connectivity index (χ1v) is 9.50. The second-order valence-corrected chi connectivity index (χ2v) is 7.34. The van der Waals surface area contributed by atoms with E-state index in [2.05, 4.69) is 11.8 Å². The summed E-state index contributed by atoms with van der Waals surface area (Å²) in [5.41, 5.74) is 0. The van der Waals surface area contributed by atoms with Gasteiger partial charge in [0.1, 0.15) is 0 Å². The molecule has 0 bridgehead atoms. The molecule has 3 rings (SSSR count). The fourth-order valence-corrected chi connectivity index (χ4v) is 4.53. The average molecular weight is 337 g/mol. The van der Waals surface area contributed by atoms with Crippen LogP contribution in [0.4, 0.5) is 0 Å². The van der Waals surface area contributed by atoms with Crippen LogP contribution in [0.3, 0.4) is 0 Å². The number of carbonyl (C=O) groups is 2. The van der Waals surface area contributed by atoms with Gasteiger partial charge in [0.2, 0.25) is 11.8 Å². The summed E-state index contributed by atoms with van der Waals surface area (Å²) in [5, 5.41) is 0. The maximum atomic E-state index is 12.7. The molecule has 6 heteroatoms. The van der Waals surface area contributed by atoms with Crippen molar-refractivity contribution in [3.63, 3.8) is 0 Å². The molecule has 2 amide bonds. The Balaban J connectivity index is 1.59. The van der Waals surface area contributed by atoms with E-state index in [0.29, 0.717) is 31.8 Å². The monoisotopic (exact) mass is 337 g/mol. The highest BCUT2D eigenvalue weighted by atomic mass is 16.5. The Labute approximate surface area is 145 Å². The quantitative estimate of drug-likeness (QED) is 0.771. The lowest BCUT2D eigenvalue weighted by Crippen LogP contribution is -2.52. The number of morpholine rings is 1. The minimum atomic E-state index is 0.176. The summed E-state index contributed by atoms with van der Waals surface area (Å²) in [4.78, 5) is 30.9. The van der Waals surface area contributed by atoms with Gasteiger partial charge in [-0.3, -0.25) is 14.5 Å². The third-order valence-corrected chi connectivity index (χ3v) is 5.85. The molecular weight excluding hydrogens is 306 g/mol. The predicted octanol–water partition coefficient (Wildman–Crippen LogP) is 1.10. The van der Waals surface area contributed by atoms with Crippen molar-refractivity contribution in [1.29, 1.82) is 0 Å². The minimum absolute atomic E-state index is 0.176. The maximum absolute atomic E-state index is 12.7. The molecule has 3 aliphatic heterocycles. The zero-order valence-corrected chi connectivity index (χ0v) is 15.1. The van der Waals surface area contributed by atoms with Crippen molar-refractivity contribution in [2.45, 2.75) is 64.1 Å². The summed E-state index contributed by atoms with van der Waals surface area (Å²) in [7, 11) is 0. The normalized spacial score (nSPS) is 31.7. The Kier molecular flexibility index (Phi) is 5.76. The highest BCUT2D eigenvalue weighted by Gasteiger charge is 2.39. The topological polar surface area (TPSA) is 53.1 Å². The first-order chi connectivity index (χ1) is 11.6. The minimum Gasteiger partial charge on any atom is -0.375 e. The zero-order chi connectivity index (χ0) is 17.1. The van der Waals surface area contributed by atoms with E-state index < -0.39 is 0 Å². The van der Waals surface area contributed by atoms with Gasteiger partial charge < -0.3 is 14.5 Å². The van der Waals surface area contributed by atoms with Crippen molar-refractivity contribution in [3.8, 4) is 0 Å². The molecular formula is C18H31N3O3. The second kappa shape index (κ2) is 7.83. The number of hydrogen-bond acceptors (Lipinski definition) is 4. The molecule has 0 aromatic rings. The molecule has 0 N–H and O–H groups in total. The zero-order valence-electron chi connectivity index (χ0n) is 15.1. The molecule has 3 atom stereocenters. The summed E-state index contributed by atoms with van der Waals surface area (Å²) in [5.74, 6) is 0.394. The van der Waals surface area contributed by atoms with Gasteiger partial charge in [0.25, 0.3) is 0 Å². The van der Waals surface area contributed by atoms with Crippen LogP contribution >= 0.6 is 0 Å². The summed E-state index contributed by atoms with van der Waals surface area (Å²) in [6.07, 6.45) is 5.52. The van der Waals surface area contributed by atoms with E-state index in [1.807, 2.05) is 9.80 Å². The third kappa shape index (κ3) is 3.75. The van der Waals surface area contributed by atoms with Gasteiger partial charge in [0.05, 0.1) is 19.3 Å². The van der Waals surface area contributed by atoms with E-state index in [9.17, 15) is 9.59 Å². The van der Waals surface area contributed by atoms with Gasteiger partial charge in [-0.15, -0.1) is 0 Å². The van der Waals surface area contributed by atoms with Gasteiger partial charge in [-0.25, -0.2) is 0 Å². The molecule has 0 spiro atoms. The lowest BCUT2D eigenvalue weighted by Gasteiger charge is -2.37. The van der Waals surface area contributed by atoms with Gasteiger partial charge in [-0.05, 0) is 38.6 Å². The Morgan fingerprint density at radius 3 is 2.58 bits per heavy atom. The molecule has 3 fully saturated rings. The van der Waals surface area contributed by atoms with Crippen molar-refractivity contribution in [1.82, 2.24) is 14.7 Å². The Hall–Kier alpha value is -1.14. The van der Waals surface area contributed by atoms with Crippen molar-refractivity contribution < 1.29 is 14.3 Å². The van der Waals surface area contributed by atoms with Crippen LogP contribution in [0.15, 0.2) is 0 Å². The fourth-order valence-electron chi connectivity index (χ4n) is 4.53. The lowest BCUT2D eigenvalue weighted by atomic mass is 10.0. The van der Waals surface area contributed by atoms with Gasteiger partial charge in [0, 0.05) is 38.6 Å². The fraction of sp³-hybridized carbons (Fsp3) is 0.889. The summed E-state index contributed by atoms with van der Waals surface area (Å²) in [6.45, 7) is 8.18. The number of ether oxygens (including phenoxy) is 1. The molecule has 3 heterocycles. The SMILES string of the molecule is CC[C@@H]1CN(C(=O)CN2CCC[C@H]2[C@H]2CCCN2C(C)=O)CCO1. The number of nitrogens with zero attached hydrogens (tertiary/aromatic N) is 3. The molecule has 3 aliphatic rings. The predicted molar refractivity (Wildman–Crippen MR) is 91.6 cm³/mol. The van der Waals surface area contributed by atoms with Crippen molar-refractivity contribution in [3.05, 3.63) is 0 Å². The molecule has 0 radical (unpaired) electrons. The van der Waals surface area contributed by atoms with Crippen LogP contribution in [0, 0.1) is 0 Å². The molecule has 24 heavy (non-hydrogen) atoms. The standard InChI is InChI=1S/C18H31N3O3/c1-3-15-12-20(10-11-24-15)18(23)13-19-8-4-6-16(19)17-7-5-9-21(17)14(2)22/h15-17H,3-13H2,1-2H3/t15-,16+,17-/m1/s1. The highest BCUT2D eigenvalue weighted by molar-refractivity contribution is 5.78. The van der Waals surface area contributed by atoms with Crippen LogP contribution in [-0.2, 0) is 14.3 Å². The van der Waals surface area contributed by atoms with Crippen LogP contribution < -0.4 is 0 Å². The van der Waals surface area contributed by atoms with E-state index in [-0.39, 0.29) is 17.9 Å². The number of carbonyl (C=O) groups excluding carboxylic acids is 2. The Bertz CT molecular complexity index is 470. The molecule has 0 aliphatic carbocycles. The van der Waals surface area contributed by atoms with E-state index >= 15 is 0 Å². The van der Waals surface area contributed by atoms with Gasteiger partial charge in [-0.2, -0.15) is 0 Å². The highest BCUT2D eigenvalue weighted by Crippen LogP contribution is 2.30. The summed E-state index contributed by atoms with van der Waals surface area (Å²) >= 11 is 0. The van der Waals surface area contributed by atoms with Gasteiger partial charge in [-0.1, -0.05) is 6.92 Å². The number of rotatable bonds is 4. The molecule has 136 valence electrons. The number of likely N-dealkylation sites (tertiary alicyclic amines) is 2. The number of hydrogen-bond donors (Lipinski definition) is 0. The average Bonchev–Trinajstić information content (AvgIpc) is 3.23. The van der Waals surface area contributed by atoms with Crippen LogP contribution in [0.1, 0.15) is 46.0 Å². The van der Waals surface area contributed by atoms with Gasteiger partial charge >= 0.3 is 0 Å². The van der Waals surface area contributed by atoms with E-state index in [0.717, 1.165) is 51.7 Å². The van der Waals surface area contributed by atoms with Crippen molar-refractivity contribution >= 4 is 11.8 Å². The largest absolute Gasteiger partial charge is 0.375 e. The van der Waals surface area contributed by atoms with Crippen molar-refractivity contribution in [2.24, 2.45) is 0 Å². The lowest BCUT2D eigenvalue weighted by molar-refractivity contribution is -0.140. The second-order valence-electron chi connectivity index (χ2n) is 7.34. The first kappa shape index (κ1) is 17.7. The summed E-state index contributed by atoms with van der Waals surface area (Å²) < 4.78 is 5.67. The smallest absolute Gasteiger partial charge is 0.236 e. The molecule has 0 aromatic carbocycles. The molecule has 0 unspecified atom stereocenters. The molecule has 0 saturated carbocycles.